The van der Waals surface area contributed by atoms with Crippen LogP contribution in [-0.4, -0.2) is 67.5 Å². The number of allylic oxidation sites excluding steroid dienone is 2. The van der Waals surface area contributed by atoms with Crippen molar-refractivity contribution in [3.8, 4) is 17.6 Å². The van der Waals surface area contributed by atoms with E-state index >= 15 is 0 Å². The minimum Gasteiger partial charge on any atom is -0.508 e. The Labute approximate surface area is 292 Å². The van der Waals surface area contributed by atoms with E-state index in [1.165, 1.54) is 0 Å². The van der Waals surface area contributed by atoms with E-state index in [0.717, 1.165) is 60.8 Å². The Balaban J connectivity index is 2.16. The minimum absolute atomic E-state index is 0.0421. The number of aryl methyl sites for hydroxylation is 1. The molecule has 0 spiro atoms. The molecule has 8 nitrogen and oxygen atoms in total. The van der Waals surface area contributed by atoms with Crippen LogP contribution in [0, 0.1) is 11.8 Å². The van der Waals surface area contributed by atoms with Gasteiger partial charge in [-0.05, 0) is 85.9 Å². The van der Waals surface area contributed by atoms with Gasteiger partial charge < -0.3 is 36.0 Å². The summed E-state index contributed by atoms with van der Waals surface area (Å²) in [6.45, 7) is 3.42. The van der Waals surface area contributed by atoms with Crippen LogP contribution in [0.3, 0.4) is 0 Å². The molecule has 0 bridgehead atoms. The smallest absolute Gasteiger partial charge is 0.303 e. The molecular weight excluding hydrogens is 618 g/mol. The van der Waals surface area contributed by atoms with Gasteiger partial charge in [-0.1, -0.05) is 99.8 Å². The molecule has 0 amide bonds. The van der Waals surface area contributed by atoms with Gasteiger partial charge in [-0.25, -0.2) is 0 Å². The lowest BCUT2D eigenvalue weighted by molar-refractivity contribution is -0.137. The van der Waals surface area contributed by atoms with Crippen LogP contribution in [-0.2, 0) is 16.8 Å². The molecule has 0 saturated carbocycles. The molecule has 0 fully saturated rings. The molecule has 2 aromatic rings. The summed E-state index contributed by atoms with van der Waals surface area (Å²) in [4.78, 5) is 11.1. The highest BCUT2D eigenvalue weighted by Gasteiger charge is 2.36. The highest BCUT2D eigenvalue weighted by atomic mass is 16.4. The Morgan fingerprint density at radius 1 is 1.04 bits per heavy atom. The molecule has 49 heavy (non-hydrogen) atoms. The molecule has 0 aromatic heterocycles. The number of nitrogens with one attached hydrogen (secondary N) is 1. The molecule has 0 unspecified atom stereocenters. The first-order chi connectivity index (χ1) is 23.5. The Morgan fingerprint density at radius 3 is 2.55 bits per heavy atom. The fraction of sp³-hybridized carbons (Fsp3) is 0.537. The number of aliphatic hydroxyl groups excluding tert-OH is 3. The van der Waals surface area contributed by atoms with Crippen molar-refractivity contribution in [1.29, 1.82) is 0 Å². The van der Waals surface area contributed by atoms with Gasteiger partial charge >= 0.3 is 5.97 Å². The summed E-state index contributed by atoms with van der Waals surface area (Å²) in [5, 5.41) is 67.1. The standard InChI is InChI=1S/C41H57NO7/c1-3-4-7-18-34(44)26-25-32-24-23-31-15-11-10-14-30(31)16-12-21-39(41(2,49)33-17-13-19-35(45)27-33)42-38(37(32)28-36(46)29-43)20-8-5-6-9-22-40(47)48/h10-11,13-15,17,19,25-27,34,36,38-39,42-46,49H,3-9,18,20-24,28-29H2,1-2H3,(H,47,48)/b26-25+,37-32+/t34-,36-,38-,39+,41+/m0/s1. The lowest BCUT2D eigenvalue weighted by atomic mass is 9.82. The maximum absolute atomic E-state index is 12.2. The van der Waals surface area contributed by atoms with Crippen molar-refractivity contribution in [2.45, 2.75) is 134 Å². The maximum Gasteiger partial charge on any atom is 0.303 e. The zero-order chi connectivity index (χ0) is 35.6. The van der Waals surface area contributed by atoms with Gasteiger partial charge in [0, 0.05) is 24.4 Å². The number of hydrogen-bond acceptors (Lipinski definition) is 7. The van der Waals surface area contributed by atoms with Crippen LogP contribution in [0.2, 0.25) is 0 Å². The van der Waals surface area contributed by atoms with Gasteiger partial charge in [0.2, 0.25) is 0 Å². The average Bonchev–Trinajstić information content (AvgIpc) is 3.07. The number of fused-ring (bicyclic) bond motifs is 1. The number of rotatable bonds is 18. The summed E-state index contributed by atoms with van der Waals surface area (Å²) in [5.41, 5.74) is 2.89. The third kappa shape index (κ3) is 13.4. The summed E-state index contributed by atoms with van der Waals surface area (Å²) in [6.07, 6.45) is 11.3. The van der Waals surface area contributed by atoms with E-state index in [2.05, 4.69) is 30.1 Å². The van der Waals surface area contributed by atoms with Crippen molar-refractivity contribution in [2.24, 2.45) is 0 Å². The zero-order valence-electron chi connectivity index (χ0n) is 29.3. The molecule has 5 atom stereocenters. The predicted molar refractivity (Wildman–Crippen MR) is 194 cm³/mol. The summed E-state index contributed by atoms with van der Waals surface area (Å²) in [7, 11) is 0. The second-order valence-electron chi connectivity index (χ2n) is 13.5. The fourth-order valence-electron chi connectivity index (χ4n) is 6.49. The van der Waals surface area contributed by atoms with Crippen LogP contribution in [0.5, 0.6) is 5.75 Å². The van der Waals surface area contributed by atoms with Crippen molar-refractivity contribution in [2.75, 3.05) is 6.61 Å². The fourth-order valence-corrected chi connectivity index (χ4v) is 6.49. The topological polar surface area (TPSA) is 150 Å². The third-order valence-electron chi connectivity index (χ3n) is 9.48. The molecular formula is C41H57NO7. The van der Waals surface area contributed by atoms with Crippen LogP contribution in [0.15, 0.2) is 71.8 Å². The second kappa shape index (κ2) is 20.9. The van der Waals surface area contributed by atoms with E-state index in [9.17, 15) is 30.3 Å². The summed E-state index contributed by atoms with van der Waals surface area (Å²) >= 11 is 0. The van der Waals surface area contributed by atoms with Crippen LogP contribution in [0.4, 0.5) is 0 Å². The number of aliphatic carboxylic acids is 1. The van der Waals surface area contributed by atoms with Gasteiger partial charge in [0.15, 0.2) is 0 Å². The van der Waals surface area contributed by atoms with Gasteiger partial charge in [-0.2, -0.15) is 0 Å². The minimum atomic E-state index is -1.46. The first-order valence-corrected chi connectivity index (χ1v) is 18.0. The molecule has 3 rings (SSSR count). The largest absolute Gasteiger partial charge is 0.508 e. The first kappa shape index (κ1) is 40.0. The molecule has 0 saturated heterocycles. The predicted octanol–water partition coefficient (Wildman–Crippen LogP) is 6.28. The van der Waals surface area contributed by atoms with E-state index in [1.54, 1.807) is 31.2 Å². The van der Waals surface area contributed by atoms with Crippen molar-refractivity contribution in [3.05, 3.63) is 88.5 Å². The SMILES string of the molecule is CCCCC[C@H](O)/C=C/C1=C(\C[C@H](O)CO)[C@H](CCCCCCC(=O)O)N[C@@H]([C@](C)(O)c2cccc(O)c2)CC#Cc2ccccc2CC1. The van der Waals surface area contributed by atoms with E-state index in [4.69, 9.17) is 5.11 Å². The first-order valence-electron chi connectivity index (χ1n) is 18.0. The molecule has 1 aliphatic rings. The molecule has 8 heteroatoms. The number of hydrogen-bond donors (Lipinski definition) is 7. The van der Waals surface area contributed by atoms with E-state index in [1.807, 2.05) is 30.4 Å². The van der Waals surface area contributed by atoms with Gasteiger partial charge in [0.05, 0.1) is 24.9 Å². The number of phenolic OH excluding ortho intramolecular Hbond substituents is 1. The number of carboxylic acids is 1. The number of aromatic hydroxyl groups is 1. The molecule has 1 aliphatic heterocycles. The highest BCUT2D eigenvalue weighted by molar-refractivity contribution is 5.66. The van der Waals surface area contributed by atoms with Crippen LogP contribution in [0.25, 0.3) is 0 Å². The van der Waals surface area contributed by atoms with Gasteiger partial charge in [0.1, 0.15) is 11.4 Å². The monoisotopic (exact) mass is 675 g/mol. The second-order valence-corrected chi connectivity index (χ2v) is 13.5. The van der Waals surface area contributed by atoms with Gasteiger partial charge in [0.25, 0.3) is 0 Å². The zero-order valence-corrected chi connectivity index (χ0v) is 29.3. The Bertz CT molecular complexity index is 1440. The lowest BCUT2D eigenvalue weighted by Gasteiger charge is -2.38. The summed E-state index contributed by atoms with van der Waals surface area (Å²) in [5.74, 6) is 5.89. The van der Waals surface area contributed by atoms with Crippen LogP contribution < -0.4 is 5.32 Å². The van der Waals surface area contributed by atoms with Gasteiger partial charge in [-0.3, -0.25) is 4.79 Å². The number of carboxylic acid groups (broad SMARTS) is 1. The highest BCUT2D eigenvalue weighted by Crippen LogP contribution is 2.33. The number of aliphatic hydroxyl groups is 4. The number of carbonyl (C=O) groups is 1. The molecule has 268 valence electrons. The third-order valence-corrected chi connectivity index (χ3v) is 9.48. The number of phenols is 1. The lowest BCUT2D eigenvalue weighted by Crippen LogP contribution is -2.51. The molecule has 7 N–H and O–H groups in total. The summed E-state index contributed by atoms with van der Waals surface area (Å²) in [6, 6.07) is 13.6. The van der Waals surface area contributed by atoms with Crippen LogP contribution >= 0.6 is 0 Å². The van der Waals surface area contributed by atoms with Crippen molar-refractivity contribution < 1.29 is 35.4 Å². The normalized spacial score (nSPS) is 21.0. The van der Waals surface area contributed by atoms with Crippen molar-refractivity contribution in [1.82, 2.24) is 5.32 Å². The van der Waals surface area contributed by atoms with Gasteiger partial charge in [-0.15, -0.1) is 0 Å². The Morgan fingerprint density at radius 2 is 1.82 bits per heavy atom. The quantitative estimate of drug-likeness (QED) is 0.0721. The maximum atomic E-state index is 12.2. The average molecular weight is 676 g/mol. The van der Waals surface area contributed by atoms with Crippen LogP contribution in [0.1, 0.15) is 114 Å². The van der Waals surface area contributed by atoms with Crippen molar-refractivity contribution in [3.63, 3.8) is 0 Å². The molecule has 1 heterocycles. The Kier molecular flexibility index (Phi) is 17.1. The molecule has 0 radical (unpaired) electrons. The van der Waals surface area contributed by atoms with E-state index < -0.39 is 36.4 Å². The van der Waals surface area contributed by atoms with Crippen molar-refractivity contribution >= 4 is 5.97 Å². The van der Waals surface area contributed by atoms with E-state index in [0.29, 0.717) is 37.7 Å². The Hall–Kier alpha value is -3.45. The summed E-state index contributed by atoms with van der Waals surface area (Å²) < 4.78 is 0. The number of unbranched alkanes of at least 4 members (excludes halogenated alkanes) is 5. The number of benzene rings is 2. The molecule has 0 aliphatic carbocycles. The molecule has 2 aromatic carbocycles. The van der Waals surface area contributed by atoms with E-state index in [-0.39, 0.29) is 31.1 Å².